The molecule has 0 aliphatic carbocycles. The van der Waals surface area contributed by atoms with Crippen LogP contribution in [0.2, 0.25) is 5.02 Å². The summed E-state index contributed by atoms with van der Waals surface area (Å²) in [6.45, 7) is 3.11. The lowest BCUT2D eigenvalue weighted by atomic mass is 10.2. The van der Waals surface area contributed by atoms with E-state index in [1.165, 1.54) is 12.1 Å². The van der Waals surface area contributed by atoms with Crippen molar-refractivity contribution in [1.29, 1.82) is 0 Å². The van der Waals surface area contributed by atoms with E-state index < -0.39 is 11.7 Å². The van der Waals surface area contributed by atoms with E-state index in [1.54, 1.807) is 12.0 Å². The van der Waals surface area contributed by atoms with Gasteiger partial charge in [-0.05, 0) is 42.8 Å². The second-order valence-electron chi connectivity index (χ2n) is 5.89. The molecule has 0 saturated carbocycles. The molecule has 1 N–H and O–H groups in total. The van der Waals surface area contributed by atoms with Gasteiger partial charge in [0.2, 0.25) is 5.91 Å². The molecule has 2 aromatic carbocycles. The highest BCUT2D eigenvalue weighted by Gasteiger charge is 2.14. The van der Waals surface area contributed by atoms with Gasteiger partial charge in [-0.3, -0.25) is 9.59 Å². The Bertz CT molecular complexity index is 796. The van der Waals surface area contributed by atoms with Gasteiger partial charge >= 0.3 is 0 Å². The van der Waals surface area contributed by atoms with Crippen molar-refractivity contribution in [2.75, 3.05) is 20.2 Å². The van der Waals surface area contributed by atoms with Gasteiger partial charge in [0.05, 0.1) is 17.7 Å². The zero-order chi connectivity index (χ0) is 19.8. The number of nitrogens with zero attached hydrogens (tertiary/aromatic N) is 1. The van der Waals surface area contributed by atoms with Gasteiger partial charge < -0.3 is 15.0 Å². The number of halogens is 2. The molecular weight excluding hydrogens is 371 g/mol. The molecule has 27 heavy (non-hydrogen) atoms. The number of rotatable bonds is 8. The third kappa shape index (κ3) is 5.96. The number of nitrogens with one attached hydrogen (secondary N) is 1. The molecule has 5 nitrogen and oxygen atoms in total. The molecule has 2 amide bonds. The van der Waals surface area contributed by atoms with Crippen LogP contribution < -0.4 is 10.1 Å². The summed E-state index contributed by atoms with van der Waals surface area (Å²) in [6, 6.07) is 11.1. The molecule has 0 fully saturated rings. The third-order valence-corrected chi connectivity index (χ3v) is 4.38. The Balaban J connectivity index is 1.86. The van der Waals surface area contributed by atoms with Crippen LogP contribution in [0.1, 0.15) is 29.3 Å². The first-order chi connectivity index (χ1) is 12.9. The summed E-state index contributed by atoms with van der Waals surface area (Å²) >= 11 is 5.87. The lowest BCUT2D eigenvalue weighted by molar-refractivity contribution is -0.131. The van der Waals surface area contributed by atoms with Crippen molar-refractivity contribution < 1.29 is 18.7 Å². The average Bonchev–Trinajstić information content (AvgIpc) is 2.66. The van der Waals surface area contributed by atoms with Gasteiger partial charge in [-0.15, -0.1) is 0 Å². The van der Waals surface area contributed by atoms with Gasteiger partial charge in [0.25, 0.3) is 5.91 Å². The Morgan fingerprint density at radius 2 is 1.89 bits per heavy atom. The van der Waals surface area contributed by atoms with Gasteiger partial charge in [-0.25, -0.2) is 4.39 Å². The molecule has 0 aromatic heterocycles. The van der Waals surface area contributed by atoms with Crippen molar-refractivity contribution >= 4 is 23.4 Å². The molecule has 0 aliphatic rings. The first-order valence-corrected chi connectivity index (χ1v) is 8.96. The first kappa shape index (κ1) is 20.7. The molecule has 0 unspecified atom stereocenters. The molecule has 2 rings (SSSR count). The first-order valence-electron chi connectivity index (χ1n) is 8.58. The van der Waals surface area contributed by atoms with E-state index in [9.17, 15) is 14.0 Å². The molecule has 7 heteroatoms. The van der Waals surface area contributed by atoms with Crippen LogP contribution in [-0.4, -0.2) is 36.9 Å². The molecule has 0 bridgehead atoms. The largest absolute Gasteiger partial charge is 0.497 e. The summed E-state index contributed by atoms with van der Waals surface area (Å²) in [7, 11) is 1.60. The molecule has 0 saturated heterocycles. The summed E-state index contributed by atoms with van der Waals surface area (Å²) in [6.07, 6.45) is 0.161. The molecular formula is C20H22ClFN2O3. The number of ether oxygens (including phenoxy) is 1. The zero-order valence-corrected chi connectivity index (χ0v) is 16.1. The molecule has 0 radical (unpaired) electrons. The van der Waals surface area contributed by atoms with Crippen molar-refractivity contribution in [3.05, 3.63) is 64.4 Å². The number of methoxy groups -OCH3 is 1. The highest BCUT2D eigenvalue weighted by atomic mass is 35.5. The van der Waals surface area contributed by atoms with Gasteiger partial charge in [0, 0.05) is 26.1 Å². The Morgan fingerprint density at radius 3 is 2.48 bits per heavy atom. The molecule has 0 spiro atoms. The van der Waals surface area contributed by atoms with Gasteiger partial charge in [0.1, 0.15) is 11.6 Å². The minimum absolute atomic E-state index is 0.0357. The van der Waals surface area contributed by atoms with Crippen LogP contribution in [0.25, 0.3) is 0 Å². The Morgan fingerprint density at radius 1 is 1.19 bits per heavy atom. The van der Waals surface area contributed by atoms with E-state index in [1.807, 2.05) is 31.2 Å². The molecule has 0 atom stereocenters. The average molecular weight is 393 g/mol. The number of carbonyl (C=O) groups is 2. The maximum Gasteiger partial charge on any atom is 0.252 e. The quantitative estimate of drug-likeness (QED) is 0.745. The van der Waals surface area contributed by atoms with Gasteiger partial charge in [0.15, 0.2) is 0 Å². The molecule has 2 aromatic rings. The number of hydrogen-bond donors (Lipinski definition) is 1. The summed E-state index contributed by atoms with van der Waals surface area (Å²) < 4.78 is 18.2. The number of benzene rings is 2. The van der Waals surface area contributed by atoms with Crippen LogP contribution in [0.4, 0.5) is 4.39 Å². The fraction of sp³-hybridized carbons (Fsp3) is 0.300. The smallest absolute Gasteiger partial charge is 0.252 e. The van der Waals surface area contributed by atoms with Crippen LogP contribution in [-0.2, 0) is 11.3 Å². The van der Waals surface area contributed by atoms with Crippen LogP contribution in [0.15, 0.2) is 42.5 Å². The lowest BCUT2D eigenvalue weighted by Gasteiger charge is -2.21. The Labute approximate surface area is 163 Å². The minimum Gasteiger partial charge on any atom is -0.497 e. The normalized spacial score (nSPS) is 10.4. The van der Waals surface area contributed by atoms with Crippen molar-refractivity contribution in [2.24, 2.45) is 0 Å². The second kappa shape index (κ2) is 9.92. The van der Waals surface area contributed by atoms with Crippen molar-refractivity contribution in [3.8, 4) is 5.75 Å². The SMILES string of the molecule is CCN(Cc1ccc(OC)cc1)C(=O)CCNC(=O)c1ccc(F)cc1Cl. The van der Waals surface area contributed by atoms with Crippen molar-refractivity contribution in [2.45, 2.75) is 19.9 Å². The number of hydrogen-bond acceptors (Lipinski definition) is 3. The molecule has 0 heterocycles. The van der Waals surface area contributed by atoms with E-state index in [-0.39, 0.29) is 29.5 Å². The van der Waals surface area contributed by atoms with Crippen molar-refractivity contribution in [1.82, 2.24) is 10.2 Å². The van der Waals surface area contributed by atoms with Gasteiger partial charge in [-0.1, -0.05) is 23.7 Å². The predicted molar refractivity (Wildman–Crippen MR) is 102 cm³/mol. The fourth-order valence-electron chi connectivity index (χ4n) is 2.54. The summed E-state index contributed by atoms with van der Waals surface area (Å²) in [5.74, 6) is -0.260. The van der Waals surface area contributed by atoms with Crippen LogP contribution in [0, 0.1) is 5.82 Å². The number of amides is 2. The van der Waals surface area contributed by atoms with Crippen LogP contribution in [0.5, 0.6) is 5.75 Å². The molecule has 0 aliphatic heterocycles. The van der Waals surface area contributed by atoms with E-state index in [0.717, 1.165) is 17.4 Å². The fourth-order valence-corrected chi connectivity index (χ4v) is 2.79. The summed E-state index contributed by atoms with van der Waals surface area (Å²) in [5.41, 5.74) is 1.17. The summed E-state index contributed by atoms with van der Waals surface area (Å²) in [4.78, 5) is 26.2. The lowest BCUT2D eigenvalue weighted by Crippen LogP contribution is -2.34. The van der Waals surface area contributed by atoms with Crippen LogP contribution in [0.3, 0.4) is 0 Å². The maximum absolute atomic E-state index is 13.0. The maximum atomic E-state index is 13.0. The van der Waals surface area contributed by atoms with Crippen LogP contribution >= 0.6 is 11.6 Å². The predicted octanol–water partition coefficient (Wildman–Crippen LogP) is 3.66. The monoisotopic (exact) mass is 392 g/mol. The Kier molecular flexibility index (Phi) is 7.61. The van der Waals surface area contributed by atoms with E-state index in [2.05, 4.69) is 5.32 Å². The zero-order valence-electron chi connectivity index (χ0n) is 15.3. The minimum atomic E-state index is -0.510. The second-order valence-corrected chi connectivity index (χ2v) is 6.29. The number of carbonyl (C=O) groups excluding carboxylic acids is 2. The summed E-state index contributed by atoms with van der Waals surface area (Å²) in [5, 5.41) is 2.67. The topological polar surface area (TPSA) is 58.6 Å². The Hall–Kier alpha value is -2.60. The highest BCUT2D eigenvalue weighted by Crippen LogP contribution is 2.17. The van der Waals surface area contributed by atoms with E-state index in [4.69, 9.17) is 16.3 Å². The van der Waals surface area contributed by atoms with Gasteiger partial charge in [-0.2, -0.15) is 0 Å². The van der Waals surface area contributed by atoms with E-state index >= 15 is 0 Å². The third-order valence-electron chi connectivity index (χ3n) is 4.07. The van der Waals surface area contributed by atoms with E-state index in [0.29, 0.717) is 13.1 Å². The highest BCUT2D eigenvalue weighted by molar-refractivity contribution is 6.33. The van der Waals surface area contributed by atoms with Crippen molar-refractivity contribution in [3.63, 3.8) is 0 Å². The standard InChI is InChI=1S/C20H22ClFN2O3/c1-3-24(13-14-4-7-16(27-2)8-5-14)19(25)10-11-23-20(26)17-9-6-15(22)12-18(17)21/h4-9,12H,3,10-11,13H2,1-2H3,(H,23,26). The molecule has 144 valence electrons.